The van der Waals surface area contributed by atoms with Gasteiger partial charge in [-0.2, -0.15) is 0 Å². The molecule has 0 aliphatic heterocycles. The minimum atomic E-state index is -0.145. The first-order valence-corrected chi connectivity index (χ1v) is 7.70. The fraction of sp³-hybridized carbons (Fsp3) is 0.176. The van der Waals surface area contributed by atoms with Gasteiger partial charge in [-0.15, -0.1) is 0 Å². The van der Waals surface area contributed by atoms with Crippen molar-refractivity contribution in [2.45, 2.75) is 30.6 Å². The minimum Gasteiger partial charge on any atom is -0.326 e. The first-order valence-electron chi connectivity index (χ1n) is 6.88. The number of rotatable bonds is 4. The van der Waals surface area contributed by atoms with Crippen molar-refractivity contribution in [2.24, 2.45) is 0 Å². The molecule has 2 N–H and O–H groups in total. The van der Waals surface area contributed by atoms with Gasteiger partial charge in [-0.25, -0.2) is 0 Å². The molecule has 0 bridgehead atoms. The summed E-state index contributed by atoms with van der Waals surface area (Å²) in [5.41, 5.74) is 2.34. The van der Waals surface area contributed by atoms with Crippen LogP contribution in [0.1, 0.15) is 19.4 Å². The molecule has 22 heavy (non-hydrogen) atoms. The molecule has 2 aromatic carbocycles. The molecule has 0 fully saturated rings. The summed E-state index contributed by atoms with van der Waals surface area (Å²) in [6, 6.07) is 13.6. The molecule has 0 aromatic heterocycles. The zero-order valence-corrected chi connectivity index (χ0v) is 13.6. The van der Waals surface area contributed by atoms with Crippen LogP contribution >= 0.6 is 11.8 Å². The number of nitrogens with one attached hydrogen (secondary N) is 2. The zero-order valence-electron chi connectivity index (χ0n) is 12.8. The Morgan fingerprint density at radius 2 is 1.59 bits per heavy atom. The van der Waals surface area contributed by atoms with E-state index in [-0.39, 0.29) is 11.8 Å². The number of hydrogen-bond acceptors (Lipinski definition) is 3. The second-order valence-electron chi connectivity index (χ2n) is 4.92. The lowest BCUT2D eigenvalue weighted by Gasteiger charge is -2.14. The molecule has 0 radical (unpaired) electrons. The van der Waals surface area contributed by atoms with Crippen LogP contribution in [0.3, 0.4) is 0 Å². The molecule has 0 saturated heterocycles. The number of carbonyl (C=O) groups excluding carboxylic acids is 2. The summed E-state index contributed by atoms with van der Waals surface area (Å²) in [6.45, 7) is 4.88. The largest absolute Gasteiger partial charge is 0.326 e. The minimum absolute atomic E-state index is 0.140. The van der Waals surface area contributed by atoms with Gasteiger partial charge in [-0.3, -0.25) is 9.59 Å². The zero-order chi connectivity index (χ0) is 16.1. The molecule has 0 unspecified atom stereocenters. The van der Waals surface area contributed by atoms with Gasteiger partial charge in [0.15, 0.2) is 0 Å². The Kier molecular flexibility index (Phi) is 5.22. The van der Waals surface area contributed by atoms with E-state index in [1.165, 1.54) is 13.8 Å². The van der Waals surface area contributed by atoms with E-state index in [4.69, 9.17) is 0 Å². The average Bonchev–Trinajstić information content (AvgIpc) is 2.44. The third kappa shape index (κ3) is 4.36. The van der Waals surface area contributed by atoms with E-state index in [2.05, 4.69) is 10.6 Å². The van der Waals surface area contributed by atoms with Gasteiger partial charge in [-0.05, 0) is 36.8 Å². The molecule has 0 heterocycles. The van der Waals surface area contributed by atoms with Gasteiger partial charge in [0.25, 0.3) is 0 Å². The Bertz CT molecular complexity index is 699. The maximum absolute atomic E-state index is 11.4. The van der Waals surface area contributed by atoms with Crippen LogP contribution in [0.25, 0.3) is 0 Å². The van der Waals surface area contributed by atoms with E-state index in [9.17, 15) is 9.59 Å². The van der Waals surface area contributed by atoms with E-state index < -0.39 is 0 Å². The van der Waals surface area contributed by atoms with Gasteiger partial charge >= 0.3 is 0 Å². The summed E-state index contributed by atoms with van der Waals surface area (Å²) in [4.78, 5) is 24.7. The van der Waals surface area contributed by atoms with Crippen LogP contribution in [0.15, 0.2) is 52.3 Å². The lowest BCUT2D eigenvalue weighted by Crippen LogP contribution is -2.10. The fourth-order valence-corrected chi connectivity index (χ4v) is 3.00. The molecule has 0 aliphatic rings. The summed E-state index contributed by atoms with van der Waals surface area (Å²) in [5.74, 6) is -0.285. The average molecular weight is 314 g/mol. The van der Waals surface area contributed by atoms with Crippen molar-refractivity contribution in [3.05, 3.63) is 48.0 Å². The third-order valence-electron chi connectivity index (χ3n) is 2.96. The highest BCUT2D eigenvalue weighted by Crippen LogP contribution is 2.36. The maximum Gasteiger partial charge on any atom is 0.221 e. The lowest BCUT2D eigenvalue weighted by molar-refractivity contribution is -0.115. The second-order valence-corrected chi connectivity index (χ2v) is 6.04. The van der Waals surface area contributed by atoms with Crippen LogP contribution < -0.4 is 10.6 Å². The molecule has 0 saturated carbocycles. The Morgan fingerprint density at radius 1 is 0.955 bits per heavy atom. The number of amides is 2. The van der Waals surface area contributed by atoms with Crippen molar-refractivity contribution in [3.8, 4) is 0 Å². The van der Waals surface area contributed by atoms with Crippen molar-refractivity contribution in [2.75, 3.05) is 10.6 Å². The highest BCUT2D eigenvalue weighted by molar-refractivity contribution is 7.99. The highest BCUT2D eigenvalue weighted by Gasteiger charge is 2.11. The Morgan fingerprint density at radius 3 is 2.18 bits per heavy atom. The van der Waals surface area contributed by atoms with E-state index in [1.807, 2.05) is 43.3 Å². The van der Waals surface area contributed by atoms with Gasteiger partial charge in [0.1, 0.15) is 0 Å². The van der Waals surface area contributed by atoms with Crippen molar-refractivity contribution in [1.29, 1.82) is 0 Å². The van der Waals surface area contributed by atoms with Gasteiger partial charge < -0.3 is 10.6 Å². The van der Waals surface area contributed by atoms with Crippen LogP contribution in [0.4, 0.5) is 11.4 Å². The molecule has 2 aromatic rings. The van der Waals surface area contributed by atoms with E-state index >= 15 is 0 Å². The SMILES string of the molecule is CC(=O)Nc1cc(NC(C)=O)c(C)c(Sc2ccccc2)c1. The number of benzene rings is 2. The topological polar surface area (TPSA) is 58.2 Å². The maximum atomic E-state index is 11.4. The molecule has 2 amide bonds. The summed E-state index contributed by atoms with van der Waals surface area (Å²) in [5, 5.41) is 5.58. The van der Waals surface area contributed by atoms with E-state index in [1.54, 1.807) is 17.8 Å². The lowest BCUT2D eigenvalue weighted by atomic mass is 10.1. The third-order valence-corrected chi connectivity index (χ3v) is 4.11. The number of hydrogen-bond donors (Lipinski definition) is 2. The molecule has 5 heteroatoms. The van der Waals surface area contributed by atoms with Crippen LogP contribution in [0.2, 0.25) is 0 Å². The van der Waals surface area contributed by atoms with E-state index in [0.717, 1.165) is 15.4 Å². The second kappa shape index (κ2) is 7.13. The summed E-state index contributed by atoms with van der Waals surface area (Å²) in [7, 11) is 0. The van der Waals surface area contributed by atoms with Gasteiger partial charge in [-0.1, -0.05) is 30.0 Å². The quantitative estimate of drug-likeness (QED) is 0.894. The smallest absolute Gasteiger partial charge is 0.221 e. The van der Waals surface area contributed by atoms with Gasteiger partial charge in [0.05, 0.1) is 0 Å². The van der Waals surface area contributed by atoms with Gasteiger partial charge in [0, 0.05) is 35.0 Å². The summed E-state index contributed by atoms with van der Waals surface area (Å²) >= 11 is 1.59. The highest BCUT2D eigenvalue weighted by atomic mass is 32.2. The van der Waals surface area contributed by atoms with E-state index in [0.29, 0.717) is 11.4 Å². The van der Waals surface area contributed by atoms with Gasteiger partial charge in [0.2, 0.25) is 11.8 Å². The Balaban J connectivity index is 2.41. The summed E-state index contributed by atoms with van der Waals surface area (Å²) < 4.78 is 0. The van der Waals surface area contributed by atoms with Crippen molar-refractivity contribution in [3.63, 3.8) is 0 Å². The number of anilines is 2. The molecule has 114 valence electrons. The first kappa shape index (κ1) is 16.1. The fourth-order valence-electron chi connectivity index (χ4n) is 2.00. The Labute approximate surface area is 134 Å². The molecule has 2 rings (SSSR count). The van der Waals surface area contributed by atoms with Crippen LogP contribution in [0.5, 0.6) is 0 Å². The summed E-state index contributed by atoms with van der Waals surface area (Å²) in [6.07, 6.45) is 0. The van der Waals surface area contributed by atoms with Crippen molar-refractivity contribution < 1.29 is 9.59 Å². The molecule has 0 aliphatic carbocycles. The van der Waals surface area contributed by atoms with Crippen molar-refractivity contribution in [1.82, 2.24) is 0 Å². The molecule has 0 spiro atoms. The molecule has 4 nitrogen and oxygen atoms in total. The van der Waals surface area contributed by atoms with Crippen LogP contribution in [-0.2, 0) is 9.59 Å². The van der Waals surface area contributed by atoms with Crippen molar-refractivity contribution >= 4 is 35.0 Å². The monoisotopic (exact) mass is 314 g/mol. The normalized spacial score (nSPS) is 10.1. The molecule has 0 atom stereocenters. The Hall–Kier alpha value is -2.27. The molecular formula is C17H18N2O2S. The predicted molar refractivity (Wildman–Crippen MR) is 90.4 cm³/mol. The first-order chi connectivity index (χ1) is 10.5. The number of carbonyl (C=O) groups is 2. The standard InChI is InChI=1S/C17H18N2O2S/c1-11-16(19-13(3)21)9-14(18-12(2)20)10-17(11)22-15-7-5-4-6-8-15/h4-10H,1-3H3,(H,18,20)(H,19,21). The molecular weight excluding hydrogens is 296 g/mol. The predicted octanol–water partition coefficient (Wildman–Crippen LogP) is 4.06. The van der Waals surface area contributed by atoms with Crippen LogP contribution in [0, 0.1) is 6.92 Å². The van der Waals surface area contributed by atoms with Crippen LogP contribution in [-0.4, -0.2) is 11.8 Å².